The lowest BCUT2D eigenvalue weighted by atomic mass is 9.90. The lowest BCUT2D eigenvalue weighted by Gasteiger charge is -2.17. The molecule has 1 aliphatic carbocycles. The fourth-order valence-electron chi connectivity index (χ4n) is 3.36. The van der Waals surface area contributed by atoms with Gasteiger partial charge in [-0.1, -0.05) is 42.0 Å². The van der Waals surface area contributed by atoms with Gasteiger partial charge in [0.15, 0.2) is 0 Å². The van der Waals surface area contributed by atoms with Crippen LogP contribution < -0.4 is 9.46 Å². The van der Waals surface area contributed by atoms with Crippen molar-refractivity contribution in [3.05, 3.63) is 65.7 Å². The van der Waals surface area contributed by atoms with Crippen molar-refractivity contribution >= 4 is 33.3 Å². The molecule has 0 aromatic heterocycles. The topological polar surface area (TPSA) is 130 Å². The summed E-state index contributed by atoms with van der Waals surface area (Å²) in [5.41, 5.74) is 0. The first-order valence-electron chi connectivity index (χ1n) is 10.3. The van der Waals surface area contributed by atoms with Crippen LogP contribution in [0.1, 0.15) is 19.3 Å². The molecule has 0 spiro atoms. The molecule has 3 N–H and O–H groups in total. The van der Waals surface area contributed by atoms with E-state index in [0.717, 1.165) is 12.3 Å². The number of carbonyl (C=O) groups is 2. The Morgan fingerprint density at radius 2 is 1.97 bits per heavy atom. The molecule has 0 saturated heterocycles. The fraction of sp³-hybridized carbons (Fsp3) is 0.391. The minimum absolute atomic E-state index is 0.0126. The first kappa shape index (κ1) is 26.8. The van der Waals surface area contributed by atoms with Crippen molar-refractivity contribution < 1.29 is 33.0 Å². The monoisotopic (exact) mass is 497 g/mol. The number of ketones is 1. The number of amides is 1. The van der Waals surface area contributed by atoms with Crippen molar-refractivity contribution in [3.63, 3.8) is 0 Å². The van der Waals surface area contributed by atoms with Gasteiger partial charge in [-0.25, -0.2) is 13.1 Å². The van der Waals surface area contributed by atoms with Gasteiger partial charge in [-0.2, -0.15) is 0 Å². The zero-order chi connectivity index (χ0) is 24.4. The summed E-state index contributed by atoms with van der Waals surface area (Å²) in [7, 11) is -3.60. The second-order valence-electron chi connectivity index (χ2n) is 7.72. The number of hydrogen-bond acceptors (Lipinski definition) is 7. The number of aliphatic hydroxyl groups is 2. The summed E-state index contributed by atoms with van der Waals surface area (Å²) in [6.45, 7) is 0.0126. The molecule has 1 aromatic rings. The summed E-state index contributed by atoms with van der Waals surface area (Å²) in [6, 6.07) is 6.73. The van der Waals surface area contributed by atoms with E-state index in [1.165, 1.54) is 12.2 Å². The summed E-state index contributed by atoms with van der Waals surface area (Å²) in [5, 5.41) is 21.0. The number of allylic oxidation sites excluding steroid dienone is 3. The number of halogens is 1. The molecule has 0 aliphatic heterocycles. The van der Waals surface area contributed by atoms with Crippen LogP contribution in [0.15, 0.2) is 60.7 Å². The third-order valence-electron chi connectivity index (χ3n) is 4.91. The largest absolute Gasteiger partial charge is 0.491 e. The number of aliphatic hydroxyl groups excluding tert-OH is 2. The average Bonchev–Trinajstić information content (AvgIpc) is 2.99. The molecule has 180 valence electrons. The number of sulfonamides is 1. The first-order chi connectivity index (χ1) is 15.5. The van der Waals surface area contributed by atoms with Crippen LogP contribution in [0.5, 0.6) is 5.75 Å². The number of rotatable bonds is 11. The van der Waals surface area contributed by atoms with E-state index in [1.54, 1.807) is 42.5 Å². The smallest absolute Gasteiger partial charge is 0.257 e. The summed E-state index contributed by atoms with van der Waals surface area (Å²) in [6.07, 6.45) is 9.29. The highest BCUT2D eigenvalue weighted by molar-refractivity contribution is 7.89. The maximum absolute atomic E-state index is 12.3. The SMILES string of the molecule is CS(=O)(=O)NC(=O)C=CCC=CC[C@H]1C(=O)C[C@@H](O)[C@@H]1C=C[C@@H](O)COc1ccc(Cl)cc1. The molecule has 1 amide bonds. The van der Waals surface area contributed by atoms with E-state index in [2.05, 4.69) is 0 Å². The molecule has 1 saturated carbocycles. The second kappa shape index (κ2) is 12.7. The summed E-state index contributed by atoms with van der Waals surface area (Å²) in [5.74, 6) is -1.08. The Hall–Kier alpha value is -2.46. The van der Waals surface area contributed by atoms with Crippen LogP contribution in [0.2, 0.25) is 5.02 Å². The number of benzene rings is 1. The molecule has 0 bridgehead atoms. The van der Waals surface area contributed by atoms with E-state index in [1.807, 2.05) is 4.72 Å². The van der Waals surface area contributed by atoms with Gasteiger partial charge in [0.1, 0.15) is 24.2 Å². The molecule has 1 fully saturated rings. The second-order valence-corrected chi connectivity index (χ2v) is 9.91. The molecule has 0 unspecified atom stereocenters. The zero-order valence-corrected chi connectivity index (χ0v) is 19.7. The Bertz CT molecular complexity index is 1000. The van der Waals surface area contributed by atoms with E-state index in [9.17, 15) is 28.2 Å². The van der Waals surface area contributed by atoms with E-state index >= 15 is 0 Å². The van der Waals surface area contributed by atoms with Gasteiger partial charge in [0, 0.05) is 29.4 Å². The molecular weight excluding hydrogens is 470 g/mol. The Balaban J connectivity index is 1.83. The molecule has 2 rings (SSSR count). The van der Waals surface area contributed by atoms with Gasteiger partial charge in [-0.15, -0.1) is 0 Å². The van der Waals surface area contributed by atoms with E-state index in [4.69, 9.17) is 16.3 Å². The van der Waals surface area contributed by atoms with Gasteiger partial charge in [0.2, 0.25) is 10.0 Å². The first-order valence-corrected chi connectivity index (χ1v) is 12.6. The van der Waals surface area contributed by atoms with Crippen LogP contribution in [-0.2, 0) is 19.6 Å². The fourth-order valence-corrected chi connectivity index (χ4v) is 3.92. The molecule has 33 heavy (non-hydrogen) atoms. The molecule has 0 radical (unpaired) electrons. The van der Waals surface area contributed by atoms with E-state index in [0.29, 0.717) is 23.6 Å². The van der Waals surface area contributed by atoms with Gasteiger partial charge in [0.05, 0.1) is 12.4 Å². The third kappa shape index (κ3) is 9.91. The number of hydrogen-bond donors (Lipinski definition) is 3. The summed E-state index contributed by atoms with van der Waals surface area (Å²) in [4.78, 5) is 23.6. The van der Waals surface area contributed by atoms with Gasteiger partial charge in [0.25, 0.3) is 5.91 Å². The van der Waals surface area contributed by atoms with E-state index in [-0.39, 0.29) is 18.8 Å². The predicted molar refractivity (Wildman–Crippen MR) is 125 cm³/mol. The molecule has 8 nitrogen and oxygen atoms in total. The summed E-state index contributed by atoms with van der Waals surface area (Å²) >= 11 is 5.82. The highest BCUT2D eigenvalue weighted by atomic mass is 35.5. The van der Waals surface area contributed by atoms with Crippen LogP contribution >= 0.6 is 11.6 Å². The number of carbonyl (C=O) groups excluding carboxylic acids is 2. The molecule has 1 aromatic carbocycles. The molecule has 10 heteroatoms. The standard InChI is InChI=1S/C23H28ClNO7S/c1-33(30,31)25-23(29)7-5-3-2-4-6-19-20(22(28)14-21(19)27)13-10-17(26)15-32-18-11-8-16(24)9-12-18/h2,4-5,7-13,17,19-20,22,26,28H,3,6,14-15H2,1H3,(H,25,29)/t17-,19-,20-,22-/m1/s1. The lowest BCUT2D eigenvalue weighted by molar-refractivity contribution is -0.121. The van der Waals surface area contributed by atoms with Crippen LogP contribution in [0, 0.1) is 11.8 Å². The minimum Gasteiger partial charge on any atom is -0.491 e. The normalized spacial score (nSPS) is 22.4. The van der Waals surface area contributed by atoms with E-state index < -0.39 is 40.0 Å². The van der Waals surface area contributed by atoms with Crippen molar-refractivity contribution in [2.45, 2.75) is 31.5 Å². The van der Waals surface area contributed by atoms with Crippen molar-refractivity contribution in [1.82, 2.24) is 4.72 Å². The molecular formula is C23H28ClNO7S. The number of ether oxygens (including phenoxy) is 1. The van der Waals surface area contributed by atoms with Gasteiger partial charge in [-0.3, -0.25) is 9.59 Å². The Morgan fingerprint density at radius 3 is 2.64 bits per heavy atom. The minimum atomic E-state index is -3.60. The highest BCUT2D eigenvalue weighted by Gasteiger charge is 2.39. The zero-order valence-electron chi connectivity index (χ0n) is 18.1. The van der Waals surface area contributed by atoms with Crippen LogP contribution in [0.3, 0.4) is 0 Å². The maximum Gasteiger partial charge on any atom is 0.257 e. The third-order valence-corrected chi connectivity index (χ3v) is 5.73. The van der Waals surface area contributed by atoms with Crippen LogP contribution in [0.25, 0.3) is 0 Å². The van der Waals surface area contributed by atoms with Gasteiger partial charge < -0.3 is 14.9 Å². The average molecular weight is 498 g/mol. The van der Waals surface area contributed by atoms with Crippen molar-refractivity contribution in [2.75, 3.05) is 12.9 Å². The maximum atomic E-state index is 12.3. The summed E-state index contributed by atoms with van der Waals surface area (Å²) < 4.78 is 29.2. The highest BCUT2D eigenvalue weighted by Crippen LogP contribution is 2.33. The lowest BCUT2D eigenvalue weighted by Crippen LogP contribution is -2.27. The quantitative estimate of drug-likeness (QED) is 0.315. The van der Waals surface area contributed by atoms with Gasteiger partial charge >= 0.3 is 0 Å². The molecule has 1 aliphatic rings. The number of nitrogens with one attached hydrogen (secondary N) is 1. The molecule has 4 atom stereocenters. The van der Waals surface area contributed by atoms with Crippen LogP contribution in [-0.4, -0.2) is 55.4 Å². The predicted octanol–water partition coefficient (Wildman–Crippen LogP) is 2.17. The Labute approximate surface area is 198 Å². The Morgan fingerprint density at radius 1 is 1.27 bits per heavy atom. The van der Waals surface area contributed by atoms with Gasteiger partial charge in [-0.05, 0) is 37.1 Å². The van der Waals surface area contributed by atoms with Crippen molar-refractivity contribution in [2.24, 2.45) is 11.8 Å². The number of Topliss-reactive ketones (excluding diaryl/α,β-unsaturated/α-hetero) is 1. The van der Waals surface area contributed by atoms with Crippen LogP contribution in [0.4, 0.5) is 0 Å². The molecule has 0 heterocycles. The van der Waals surface area contributed by atoms with Crippen molar-refractivity contribution in [3.8, 4) is 5.75 Å². The van der Waals surface area contributed by atoms with Crippen molar-refractivity contribution in [1.29, 1.82) is 0 Å². The Kier molecular flexibility index (Phi) is 10.3.